The van der Waals surface area contributed by atoms with Crippen LogP contribution in [0.2, 0.25) is 10.0 Å². The zero-order valence-corrected chi connectivity index (χ0v) is 18.9. The molecule has 4 rings (SSSR count). The third-order valence-corrected chi connectivity index (χ3v) is 6.11. The number of anilines is 1. The van der Waals surface area contributed by atoms with E-state index in [0.29, 0.717) is 26.2 Å². The number of hydrogen-bond donors (Lipinski definition) is 1. The van der Waals surface area contributed by atoms with Crippen LogP contribution in [0, 0.1) is 0 Å². The molecule has 0 aliphatic rings. The number of aromatic nitrogens is 1. The Kier molecular flexibility index (Phi) is 6.32. The monoisotopic (exact) mass is 472 g/mol. The number of halogens is 2. The minimum absolute atomic E-state index is 0.0988. The largest absolute Gasteiger partial charge is 0.462 e. The van der Waals surface area contributed by atoms with Crippen LogP contribution in [0.5, 0.6) is 0 Å². The molecule has 0 bridgehead atoms. The smallest absolute Gasteiger partial charge is 0.341 e. The van der Waals surface area contributed by atoms with Crippen LogP contribution in [0.15, 0.2) is 60.1 Å². The summed E-state index contributed by atoms with van der Waals surface area (Å²) in [7, 11) is 0. The molecule has 1 amide bonds. The highest BCUT2D eigenvalue weighted by Crippen LogP contribution is 2.36. The van der Waals surface area contributed by atoms with Crippen LogP contribution >= 0.6 is 34.5 Å². The molecule has 4 aromatic rings. The number of nitrogens with one attached hydrogen (secondary N) is 1. The number of nitrogens with zero attached hydrogens (tertiary/aromatic N) is 1. The second kappa shape index (κ2) is 9.14. The van der Waals surface area contributed by atoms with Gasteiger partial charge in [-0.05, 0) is 48.9 Å². The van der Waals surface area contributed by atoms with Crippen molar-refractivity contribution >= 4 is 62.3 Å². The number of rotatable bonds is 6. The summed E-state index contributed by atoms with van der Waals surface area (Å²) in [6, 6.07) is 14.6. The molecular formula is C23H18Cl2N2O3S. The predicted octanol–water partition coefficient (Wildman–Crippen LogP) is 6.49. The fourth-order valence-electron chi connectivity index (χ4n) is 3.33. The van der Waals surface area contributed by atoms with Crippen molar-refractivity contribution in [1.29, 1.82) is 0 Å². The molecule has 2 aromatic heterocycles. The van der Waals surface area contributed by atoms with Gasteiger partial charge in [0.05, 0.1) is 6.61 Å². The van der Waals surface area contributed by atoms with Crippen molar-refractivity contribution in [3.05, 3.63) is 75.7 Å². The molecule has 0 fully saturated rings. The van der Waals surface area contributed by atoms with E-state index < -0.39 is 5.97 Å². The third-order valence-electron chi connectivity index (χ3n) is 4.73. The van der Waals surface area contributed by atoms with E-state index in [4.69, 9.17) is 27.9 Å². The average molecular weight is 473 g/mol. The fraction of sp³-hybridized carbons (Fsp3) is 0.130. The van der Waals surface area contributed by atoms with Gasteiger partial charge in [-0.2, -0.15) is 0 Å². The summed E-state index contributed by atoms with van der Waals surface area (Å²) in [5.41, 5.74) is 2.75. The zero-order chi connectivity index (χ0) is 22.0. The summed E-state index contributed by atoms with van der Waals surface area (Å²) in [6.07, 6.45) is 1.83. The minimum atomic E-state index is -0.481. The minimum Gasteiger partial charge on any atom is -0.462 e. The molecule has 0 saturated heterocycles. The van der Waals surface area contributed by atoms with Crippen molar-refractivity contribution in [2.45, 2.75) is 13.5 Å². The van der Waals surface area contributed by atoms with Crippen molar-refractivity contribution in [3.8, 4) is 11.1 Å². The summed E-state index contributed by atoms with van der Waals surface area (Å²) < 4.78 is 7.07. The van der Waals surface area contributed by atoms with Crippen LogP contribution in [-0.2, 0) is 16.1 Å². The van der Waals surface area contributed by atoms with Gasteiger partial charge in [-0.3, -0.25) is 4.79 Å². The maximum atomic E-state index is 12.8. The van der Waals surface area contributed by atoms with Gasteiger partial charge in [-0.25, -0.2) is 4.79 Å². The fourth-order valence-corrected chi connectivity index (χ4v) is 4.61. The second-order valence-corrected chi connectivity index (χ2v) is 8.53. The molecule has 2 heterocycles. The van der Waals surface area contributed by atoms with Crippen LogP contribution < -0.4 is 5.32 Å². The standard InChI is InChI=1S/C23H18Cl2N2O3S/c1-2-30-23(29)21-18(14-3-5-16(24)6-4-14)13-31-22(21)26-20(28)12-27-10-9-15-11-17(25)7-8-19(15)27/h3-11,13H,2,12H2,1H3,(H,26,28). The summed E-state index contributed by atoms with van der Waals surface area (Å²) in [5, 5.41) is 7.35. The van der Waals surface area contributed by atoms with E-state index in [0.717, 1.165) is 16.5 Å². The first kappa shape index (κ1) is 21.4. The number of thiophene rings is 1. The van der Waals surface area contributed by atoms with E-state index in [2.05, 4.69) is 5.32 Å². The number of hydrogen-bond acceptors (Lipinski definition) is 4. The topological polar surface area (TPSA) is 60.3 Å². The van der Waals surface area contributed by atoms with Crippen LogP contribution in [0.25, 0.3) is 22.0 Å². The van der Waals surface area contributed by atoms with Crippen LogP contribution in [0.3, 0.4) is 0 Å². The maximum Gasteiger partial charge on any atom is 0.341 e. The Morgan fingerprint density at radius 3 is 2.55 bits per heavy atom. The van der Waals surface area contributed by atoms with Crippen molar-refractivity contribution in [1.82, 2.24) is 4.57 Å². The number of fused-ring (bicyclic) bond motifs is 1. The molecular weight excluding hydrogens is 455 g/mol. The van der Waals surface area contributed by atoms with Crippen LogP contribution in [-0.4, -0.2) is 23.1 Å². The summed E-state index contributed by atoms with van der Waals surface area (Å²) >= 11 is 13.3. The van der Waals surface area contributed by atoms with Gasteiger partial charge >= 0.3 is 5.97 Å². The van der Waals surface area contributed by atoms with Gasteiger partial charge in [-0.15, -0.1) is 11.3 Å². The molecule has 0 saturated carbocycles. The van der Waals surface area contributed by atoms with E-state index >= 15 is 0 Å². The highest BCUT2D eigenvalue weighted by Gasteiger charge is 2.23. The molecule has 2 aromatic carbocycles. The number of carbonyl (C=O) groups excluding carboxylic acids is 2. The van der Waals surface area contributed by atoms with E-state index in [1.807, 2.05) is 46.5 Å². The van der Waals surface area contributed by atoms with Gasteiger partial charge in [0.1, 0.15) is 17.1 Å². The molecule has 0 radical (unpaired) electrons. The highest BCUT2D eigenvalue weighted by atomic mass is 35.5. The summed E-state index contributed by atoms with van der Waals surface area (Å²) in [4.78, 5) is 25.5. The zero-order valence-electron chi connectivity index (χ0n) is 16.5. The van der Waals surface area contributed by atoms with E-state index in [9.17, 15) is 9.59 Å². The molecule has 0 aliphatic heterocycles. The van der Waals surface area contributed by atoms with Gasteiger partial charge in [0, 0.05) is 38.1 Å². The van der Waals surface area contributed by atoms with Crippen LogP contribution in [0.1, 0.15) is 17.3 Å². The van der Waals surface area contributed by atoms with Gasteiger partial charge in [-0.1, -0.05) is 35.3 Å². The van der Waals surface area contributed by atoms with E-state index in [-0.39, 0.29) is 19.1 Å². The lowest BCUT2D eigenvalue weighted by molar-refractivity contribution is -0.116. The first-order chi connectivity index (χ1) is 15.0. The number of ether oxygens (including phenoxy) is 1. The van der Waals surface area contributed by atoms with Gasteiger partial charge < -0.3 is 14.6 Å². The molecule has 0 spiro atoms. The average Bonchev–Trinajstić information content (AvgIpc) is 3.32. The predicted molar refractivity (Wildman–Crippen MR) is 126 cm³/mol. The Bertz CT molecular complexity index is 1260. The Hall–Kier alpha value is -2.80. The van der Waals surface area contributed by atoms with E-state index in [1.54, 1.807) is 25.1 Å². The lowest BCUT2D eigenvalue weighted by atomic mass is 10.0. The Morgan fingerprint density at radius 1 is 1.06 bits per heavy atom. The molecule has 5 nitrogen and oxygen atoms in total. The lowest BCUT2D eigenvalue weighted by Gasteiger charge is -2.10. The number of esters is 1. The lowest BCUT2D eigenvalue weighted by Crippen LogP contribution is -2.19. The first-order valence-corrected chi connectivity index (χ1v) is 11.2. The second-order valence-electron chi connectivity index (χ2n) is 6.78. The molecule has 8 heteroatoms. The Morgan fingerprint density at radius 2 is 1.81 bits per heavy atom. The van der Waals surface area contributed by atoms with Crippen molar-refractivity contribution in [2.75, 3.05) is 11.9 Å². The SMILES string of the molecule is CCOC(=O)c1c(-c2ccc(Cl)cc2)csc1NC(=O)Cn1ccc2cc(Cl)ccc21. The molecule has 0 atom stereocenters. The van der Waals surface area contributed by atoms with Crippen molar-refractivity contribution in [2.24, 2.45) is 0 Å². The molecule has 31 heavy (non-hydrogen) atoms. The van der Waals surface area contributed by atoms with Crippen molar-refractivity contribution < 1.29 is 14.3 Å². The van der Waals surface area contributed by atoms with Gasteiger partial charge in [0.2, 0.25) is 5.91 Å². The third kappa shape index (κ3) is 4.61. The normalized spacial score (nSPS) is 10.9. The number of carbonyl (C=O) groups is 2. The van der Waals surface area contributed by atoms with Crippen molar-refractivity contribution in [3.63, 3.8) is 0 Å². The maximum absolute atomic E-state index is 12.8. The van der Waals surface area contributed by atoms with Gasteiger partial charge in [0.25, 0.3) is 0 Å². The molecule has 0 aliphatic carbocycles. The number of benzene rings is 2. The van der Waals surface area contributed by atoms with E-state index in [1.165, 1.54) is 11.3 Å². The molecule has 1 N–H and O–H groups in total. The number of amides is 1. The molecule has 0 unspecified atom stereocenters. The van der Waals surface area contributed by atoms with Crippen LogP contribution in [0.4, 0.5) is 5.00 Å². The first-order valence-electron chi connectivity index (χ1n) is 9.55. The Balaban J connectivity index is 1.61. The summed E-state index contributed by atoms with van der Waals surface area (Å²) in [6.45, 7) is 2.08. The van der Waals surface area contributed by atoms with Gasteiger partial charge in [0.15, 0.2) is 0 Å². The molecule has 158 valence electrons. The quantitative estimate of drug-likeness (QED) is 0.326. The Labute approximate surface area is 193 Å². The highest BCUT2D eigenvalue weighted by molar-refractivity contribution is 7.15. The summed E-state index contributed by atoms with van der Waals surface area (Å²) in [5.74, 6) is -0.729.